The molecule has 0 radical (unpaired) electrons. The fraction of sp³-hybridized carbons (Fsp3) is 0.316. The number of nitrogens with zero attached hydrogens (tertiary/aromatic N) is 4. The summed E-state index contributed by atoms with van der Waals surface area (Å²) in [5.74, 6) is -0.00440. The van der Waals surface area contributed by atoms with Crippen LogP contribution in [0.2, 0.25) is 0 Å². The van der Waals surface area contributed by atoms with Crippen LogP contribution < -0.4 is 26.6 Å². The fourth-order valence-corrected chi connectivity index (χ4v) is 3.30. The van der Waals surface area contributed by atoms with Gasteiger partial charge in [-0.3, -0.25) is 23.5 Å². The van der Waals surface area contributed by atoms with E-state index in [2.05, 4.69) is 15.6 Å². The Morgan fingerprint density at radius 2 is 2.00 bits per heavy atom. The maximum absolute atomic E-state index is 12.4. The molecule has 2 amide bonds. The van der Waals surface area contributed by atoms with Crippen molar-refractivity contribution in [2.75, 3.05) is 10.6 Å². The number of imidazole rings is 1. The number of fused-ring (bicyclic) bond motifs is 2. The average Bonchev–Trinajstić information content (AvgIpc) is 3.14. The van der Waals surface area contributed by atoms with Gasteiger partial charge in [0.15, 0.2) is 17.3 Å². The van der Waals surface area contributed by atoms with Crippen LogP contribution in [0, 0.1) is 0 Å². The Labute approximate surface area is 169 Å². The molecule has 0 fully saturated rings. The van der Waals surface area contributed by atoms with Gasteiger partial charge in [-0.05, 0) is 25.1 Å². The van der Waals surface area contributed by atoms with Crippen molar-refractivity contribution in [1.29, 1.82) is 0 Å². The number of anilines is 2. The van der Waals surface area contributed by atoms with Gasteiger partial charge in [0, 0.05) is 32.7 Å². The maximum Gasteiger partial charge on any atom is 0.332 e. The highest BCUT2D eigenvalue weighted by atomic mass is 16.5. The van der Waals surface area contributed by atoms with Crippen molar-refractivity contribution < 1.29 is 14.3 Å². The molecule has 1 atom stereocenters. The van der Waals surface area contributed by atoms with E-state index in [0.717, 1.165) is 4.57 Å². The third-order valence-electron chi connectivity index (χ3n) is 4.99. The minimum atomic E-state index is -0.574. The molecule has 11 heteroatoms. The molecule has 0 unspecified atom stereocenters. The van der Waals surface area contributed by atoms with E-state index in [9.17, 15) is 19.2 Å². The van der Waals surface area contributed by atoms with Crippen LogP contribution in [0.25, 0.3) is 11.2 Å². The maximum atomic E-state index is 12.4. The lowest BCUT2D eigenvalue weighted by atomic mass is 10.2. The fourth-order valence-electron chi connectivity index (χ4n) is 3.30. The predicted octanol–water partition coefficient (Wildman–Crippen LogP) is 0.182. The van der Waals surface area contributed by atoms with Crippen molar-refractivity contribution >= 4 is 34.4 Å². The Bertz CT molecular complexity index is 1300. The third-order valence-corrected chi connectivity index (χ3v) is 4.99. The molecule has 0 saturated heterocycles. The molecule has 156 valence electrons. The number of aryl methyl sites for hydroxylation is 2. The molecule has 1 aromatic carbocycles. The Balaban J connectivity index is 1.49. The first-order chi connectivity index (χ1) is 14.3. The van der Waals surface area contributed by atoms with Gasteiger partial charge in [-0.25, -0.2) is 9.78 Å². The first-order valence-electron chi connectivity index (χ1n) is 9.28. The molecule has 1 aliphatic rings. The molecule has 3 heterocycles. The first kappa shape index (κ1) is 19.4. The van der Waals surface area contributed by atoms with Crippen molar-refractivity contribution in [3.63, 3.8) is 0 Å². The van der Waals surface area contributed by atoms with Crippen molar-refractivity contribution in [1.82, 2.24) is 18.7 Å². The number of carbonyl (C=O) groups is 2. The van der Waals surface area contributed by atoms with E-state index in [1.54, 1.807) is 29.7 Å². The summed E-state index contributed by atoms with van der Waals surface area (Å²) in [6, 6.07) is 4.97. The summed E-state index contributed by atoms with van der Waals surface area (Å²) in [4.78, 5) is 52.7. The minimum absolute atomic E-state index is 0.0778. The largest absolute Gasteiger partial charge is 0.479 e. The zero-order chi connectivity index (χ0) is 21.6. The van der Waals surface area contributed by atoms with Gasteiger partial charge in [-0.15, -0.1) is 0 Å². The van der Waals surface area contributed by atoms with Gasteiger partial charge in [-0.1, -0.05) is 0 Å². The molecule has 0 spiro atoms. The number of amides is 2. The molecule has 3 aromatic rings. The van der Waals surface area contributed by atoms with Crippen molar-refractivity contribution in [3.05, 3.63) is 45.4 Å². The van der Waals surface area contributed by atoms with E-state index < -0.39 is 17.4 Å². The quantitative estimate of drug-likeness (QED) is 0.629. The molecule has 11 nitrogen and oxygen atoms in total. The number of benzene rings is 1. The second kappa shape index (κ2) is 7.17. The van der Waals surface area contributed by atoms with E-state index >= 15 is 0 Å². The number of aromatic nitrogens is 4. The number of rotatable bonds is 4. The Morgan fingerprint density at radius 3 is 2.77 bits per heavy atom. The van der Waals surface area contributed by atoms with E-state index in [-0.39, 0.29) is 35.9 Å². The van der Waals surface area contributed by atoms with Gasteiger partial charge < -0.3 is 19.9 Å². The molecule has 4 rings (SSSR count). The predicted molar refractivity (Wildman–Crippen MR) is 109 cm³/mol. The number of carbonyl (C=O) groups excluding carboxylic acids is 2. The molecule has 0 bridgehead atoms. The minimum Gasteiger partial charge on any atom is -0.479 e. The van der Waals surface area contributed by atoms with Gasteiger partial charge >= 0.3 is 5.69 Å². The summed E-state index contributed by atoms with van der Waals surface area (Å²) >= 11 is 0. The molecular weight excluding hydrogens is 392 g/mol. The Morgan fingerprint density at radius 1 is 1.23 bits per heavy atom. The molecule has 1 aliphatic heterocycles. The molecule has 0 saturated carbocycles. The average molecular weight is 412 g/mol. The van der Waals surface area contributed by atoms with E-state index in [0.29, 0.717) is 17.1 Å². The highest BCUT2D eigenvalue weighted by molar-refractivity contribution is 5.99. The number of hydrogen-bond acceptors (Lipinski definition) is 6. The normalized spacial score (nSPS) is 15.4. The number of hydrogen-bond donors (Lipinski definition) is 2. The second-order valence-corrected chi connectivity index (χ2v) is 7.07. The zero-order valence-electron chi connectivity index (χ0n) is 16.6. The number of nitrogens with one attached hydrogen (secondary N) is 2. The summed E-state index contributed by atoms with van der Waals surface area (Å²) in [7, 11) is 2.93. The van der Waals surface area contributed by atoms with Gasteiger partial charge in [0.05, 0.1) is 12.0 Å². The summed E-state index contributed by atoms with van der Waals surface area (Å²) < 4.78 is 9.34. The van der Waals surface area contributed by atoms with Gasteiger partial charge in [-0.2, -0.15) is 0 Å². The van der Waals surface area contributed by atoms with Crippen molar-refractivity contribution in [2.24, 2.45) is 14.1 Å². The lowest BCUT2D eigenvalue weighted by Gasteiger charge is -2.23. The monoisotopic (exact) mass is 412 g/mol. The second-order valence-electron chi connectivity index (χ2n) is 7.07. The van der Waals surface area contributed by atoms with Gasteiger partial charge in [0.2, 0.25) is 5.91 Å². The summed E-state index contributed by atoms with van der Waals surface area (Å²) in [6.45, 7) is 1.86. The van der Waals surface area contributed by atoms with Crippen LogP contribution >= 0.6 is 0 Å². The van der Waals surface area contributed by atoms with Crippen LogP contribution in [0.1, 0.15) is 13.3 Å². The van der Waals surface area contributed by atoms with Crippen LogP contribution in [0.3, 0.4) is 0 Å². The highest BCUT2D eigenvalue weighted by Crippen LogP contribution is 2.32. The first-order valence-corrected chi connectivity index (χ1v) is 9.28. The van der Waals surface area contributed by atoms with Crippen molar-refractivity contribution in [3.8, 4) is 5.75 Å². The summed E-state index contributed by atoms with van der Waals surface area (Å²) in [6.07, 6.45) is 0.940. The topological polar surface area (TPSA) is 129 Å². The van der Waals surface area contributed by atoms with E-state index in [1.807, 2.05) is 0 Å². The van der Waals surface area contributed by atoms with E-state index in [1.165, 1.54) is 25.0 Å². The molecule has 2 N–H and O–H groups in total. The van der Waals surface area contributed by atoms with Crippen molar-refractivity contribution in [2.45, 2.75) is 26.0 Å². The van der Waals surface area contributed by atoms with Crippen LogP contribution in [0.4, 0.5) is 11.4 Å². The van der Waals surface area contributed by atoms with Crippen LogP contribution in [-0.4, -0.2) is 36.6 Å². The zero-order valence-corrected chi connectivity index (χ0v) is 16.6. The van der Waals surface area contributed by atoms with Gasteiger partial charge in [0.1, 0.15) is 5.75 Å². The molecule has 0 aliphatic carbocycles. The van der Waals surface area contributed by atoms with Crippen LogP contribution in [-0.2, 0) is 30.2 Å². The molecular formula is C19H20N6O5. The molecule has 30 heavy (non-hydrogen) atoms. The van der Waals surface area contributed by atoms with Gasteiger partial charge in [0.25, 0.3) is 11.5 Å². The van der Waals surface area contributed by atoms with E-state index in [4.69, 9.17) is 4.74 Å². The third kappa shape index (κ3) is 3.23. The number of ether oxygens (including phenoxy) is 1. The summed E-state index contributed by atoms with van der Waals surface area (Å²) in [5.41, 5.74) is 0.587. The standard InChI is InChI=1S/C19H20N6O5/c1-10-17(27)22-12-8-11(4-5-13(12)30-10)21-14(26)6-7-25-9-20-16-15(25)18(28)24(3)19(29)23(16)2/h4-5,8-10H,6-7H2,1-3H3,(H,21,26)(H,22,27)/t10-/m1/s1. The van der Waals surface area contributed by atoms with Crippen LogP contribution in [0.5, 0.6) is 5.75 Å². The Hall–Kier alpha value is -3.89. The highest BCUT2D eigenvalue weighted by Gasteiger charge is 2.23. The lowest BCUT2D eigenvalue weighted by Crippen LogP contribution is -2.37. The Kier molecular flexibility index (Phi) is 4.65. The lowest BCUT2D eigenvalue weighted by molar-refractivity contribution is -0.122. The summed E-state index contributed by atoms with van der Waals surface area (Å²) in [5, 5.41) is 5.48. The smallest absolute Gasteiger partial charge is 0.332 e. The molecule has 2 aromatic heterocycles. The SMILES string of the molecule is C[C@H]1Oc2ccc(NC(=O)CCn3cnc4c3c(=O)n(C)c(=O)n4C)cc2NC1=O. The van der Waals surface area contributed by atoms with Crippen LogP contribution in [0.15, 0.2) is 34.1 Å².